The molecule has 14 heteroatoms. The van der Waals surface area contributed by atoms with Gasteiger partial charge in [-0.1, -0.05) is 74.5 Å². The zero-order valence-electron chi connectivity index (χ0n) is 30.4. The van der Waals surface area contributed by atoms with E-state index >= 15 is 0 Å². The highest BCUT2D eigenvalue weighted by atomic mass is 32.1. The van der Waals surface area contributed by atoms with Crippen LogP contribution in [0, 0.1) is 0 Å². The van der Waals surface area contributed by atoms with Crippen molar-refractivity contribution in [3.8, 4) is 0 Å². The van der Waals surface area contributed by atoms with Crippen LogP contribution in [0.15, 0.2) is 77.8 Å². The van der Waals surface area contributed by atoms with Crippen molar-refractivity contribution < 1.29 is 28.6 Å². The van der Waals surface area contributed by atoms with E-state index in [1.807, 2.05) is 66.0 Å². The number of thiazole rings is 2. The van der Waals surface area contributed by atoms with Crippen molar-refractivity contribution in [1.29, 1.82) is 0 Å². The minimum atomic E-state index is -0.828. The minimum absolute atomic E-state index is 0.0198. The SMILES string of the molecule is CC(C)c1nc(COC(=O)N[C@@H](CCN2CCOCC2)C(=O)N[C@H](CC[C@H](Cc2ccccc2)NC(=O)OCc2cncs2)Cc2ccccc2)cs1. The largest absolute Gasteiger partial charge is 0.444 e. The maximum atomic E-state index is 14.1. The molecule has 4 aromatic rings. The number of morpholine rings is 1. The number of nitrogens with one attached hydrogen (secondary N) is 3. The summed E-state index contributed by atoms with van der Waals surface area (Å²) >= 11 is 2.96. The summed E-state index contributed by atoms with van der Waals surface area (Å²) in [5.41, 5.74) is 4.52. The van der Waals surface area contributed by atoms with Crippen LogP contribution in [0.4, 0.5) is 9.59 Å². The number of amides is 3. The van der Waals surface area contributed by atoms with Gasteiger partial charge in [0, 0.05) is 49.2 Å². The van der Waals surface area contributed by atoms with E-state index in [-0.39, 0.29) is 37.1 Å². The van der Waals surface area contributed by atoms with Gasteiger partial charge in [0.25, 0.3) is 0 Å². The quantitative estimate of drug-likeness (QED) is 0.104. The summed E-state index contributed by atoms with van der Waals surface area (Å²) in [6, 6.07) is 18.6. The molecule has 1 saturated heterocycles. The summed E-state index contributed by atoms with van der Waals surface area (Å²) in [5.74, 6) is -0.00417. The van der Waals surface area contributed by atoms with Crippen molar-refractivity contribution in [2.24, 2.45) is 0 Å². The predicted molar refractivity (Wildman–Crippen MR) is 206 cm³/mol. The zero-order valence-corrected chi connectivity index (χ0v) is 32.0. The molecule has 0 unspecified atom stereocenters. The fourth-order valence-corrected chi connectivity index (χ4v) is 7.32. The molecule has 3 heterocycles. The van der Waals surface area contributed by atoms with Gasteiger partial charge in [0.1, 0.15) is 19.3 Å². The lowest BCUT2D eigenvalue weighted by Crippen LogP contribution is -2.52. The molecule has 53 heavy (non-hydrogen) atoms. The molecular weight excluding hydrogens is 713 g/mol. The first-order valence-electron chi connectivity index (χ1n) is 18.2. The van der Waals surface area contributed by atoms with Crippen LogP contribution >= 0.6 is 22.7 Å². The van der Waals surface area contributed by atoms with Gasteiger partial charge in [-0.25, -0.2) is 14.6 Å². The van der Waals surface area contributed by atoms with Crippen molar-refractivity contribution in [3.63, 3.8) is 0 Å². The van der Waals surface area contributed by atoms with Gasteiger partial charge in [-0.15, -0.1) is 22.7 Å². The summed E-state index contributed by atoms with van der Waals surface area (Å²) in [6.07, 6.45) is 3.21. The number of alkyl carbamates (subject to hydrolysis) is 2. The number of hydrogen-bond donors (Lipinski definition) is 3. The number of aromatic nitrogens is 2. The Bertz CT molecular complexity index is 1670. The Labute approximate surface area is 319 Å². The predicted octanol–water partition coefficient (Wildman–Crippen LogP) is 6.09. The summed E-state index contributed by atoms with van der Waals surface area (Å²) in [6.45, 7) is 7.71. The topological polar surface area (TPSA) is 144 Å². The third kappa shape index (κ3) is 14.2. The Morgan fingerprint density at radius 2 is 1.43 bits per heavy atom. The van der Waals surface area contributed by atoms with Crippen LogP contribution in [0.25, 0.3) is 0 Å². The van der Waals surface area contributed by atoms with Crippen LogP contribution in [0.5, 0.6) is 0 Å². The number of ether oxygens (including phenoxy) is 3. The Morgan fingerprint density at radius 3 is 2.04 bits per heavy atom. The van der Waals surface area contributed by atoms with Crippen molar-refractivity contribution in [3.05, 3.63) is 104 Å². The molecule has 5 rings (SSSR count). The molecule has 3 amide bonds. The Balaban J connectivity index is 1.26. The summed E-state index contributed by atoms with van der Waals surface area (Å²) < 4.78 is 16.6. The van der Waals surface area contributed by atoms with Crippen molar-refractivity contribution >= 4 is 40.8 Å². The molecule has 12 nitrogen and oxygen atoms in total. The first-order chi connectivity index (χ1) is 25.8. The van der Waals surface area contributed by atoms with E-state index in [1.165, 1.54) is 22.7 Å². The van der Waals surface area contributed by atoms with Gasteiger partial charge in [-0.05, 0) is 43.2 Å². The van der Waals surface area contributed by atoms with E-state index in [4.69, 9.17) is 14.2 Å². The van der Waals surface area contributed by atoms with Crippen molar-refractivity contribution in [2.45, 2.75) is 83.2 Å². The van der Waals surface area contributed by atoms with Crippen LogP contribution in [0.3, 0.4) is 0 Å². The molecule has 1 fully saturated rings. The van der Waals surface area contributed by atoms with Crippen molar-refractivity contribution in [1.82, 2.24) is 30.8 Å². The highest BCUT2D eigenvalue weighted by molar-refractivity contribution is 7.09. The number of nitrogens with zero attached hydrogens (tertiary/aromatic N) is 3. The zero-order chi connectivity index (χ0) is 37.3. The second-order valence-corrected chi connectivity index (χ2v) is 15.3. The van der Waals surface area contributed by atoms with Gasteiger partial charge in [-0.2, -0.15) is 0 Å². The van der Waals surface area contributed by atoms with Gasteiger partial charge < -0.3 is 30.2 Å². The molecule has 0 saturated carbocycles. The van der Waals surface area contributed by atoms with E-state index < -0.39 is 18.2 Å². The number of hydrogen-bond acceptors (Lipinski definition) is 11. The monoisotopic (exact) mass is 762 g/mol. The normalized spacial score (nSPS) is 14.9. The molecular formula is C39H50N6O6S2. The van der Waals surface area contributed by atoms with E-state index in [2.05, 4.69) is 44.7 Å². The maximum Gasteiger partial charge on any atom is 0.408 e. The smallest absolute Gasteiger partial charge is 0.408 e. The average Bonchev–Trinajstić information content (AvgIpc) is 3.88. The molecule has 1 aliphatic heterocycles. The summed E-state index contributed by atoms with van der Waals surface area (Å²) in [4.78, 5) is 51.8. The van der Waals surface area contributed by atoms with E-state index in [0.717, 1.165) is 34.1 Å². The summed E-state index contributed by atoms with van der Waals surface area (Å²) in [7, 11) is 0. The number of benzene rings is 2. The van der Waals surface area contributed by atoms with E-state index in [1.54, 1.807) is 11.7 Å². The number of rotatable bonds is 19. The Hall–Kier alpha value is -4.37. The first-order valence-corrected chi connectivity index (χ1v) is 19.9. The van der Waals surface area contributed by atoms with Gasteiger partial charge in [0.2, 0.25) is 5.91 Å². The van der Waals surface area contributed by atoms with E-state index in [0.29, 0.717) is 57.6 Å². The molecule has 0 aliphatic carbocycles. The number of carbonyl (C=O) groups excluding carboxylic acids is 3. The Kier molecular flexibility index (Phi) is 16.1. The number of carbonyl (C=O) groups is 3. The van der Waals surface area contributed by atoms with Crippen LogP contribution in [-0.4, -0.2) is 83.9 Å². The minimum Gasteiger partial charge on any atom is -0.444 e. The average molecular weight is 763 g/mol. The molecule has 3 atom stereocenters. The van der Waals surface area contributed by atoms with Crippen LogP contribution in [-0.2, 0) is 45.1 Å². The third-order valence-corrected chi connectivity index (χ3v) is 10.8. The van der Waals surface area contributed by atoms with Crippen molar-refractivity contribution in [2.75, 3.05) is 32.8 Å². The lowest BCUT2D eigenvalue weighted by Gasteiger charge is -2.29. The molecule has 1 aliphatic rings. The van der Waals surface area contributed by atoms with Gasteiger partial charge in [-0.3, -0.25) is 14.7 Å². The highest BCUT2D eigenvalue weighted by Gasteiger charge is 2.27. The van der Waals surface area contributed by atoms with Gasteiger partial charge in [0.05, 0.1) is 34.3 Å². The van der Waals surface area contributed by atoms with Gasteiger partial charge >= 0.3 is 12.2 Å². The molecule has 0 bridgehead atoms. The first kappa shape index (κ1) is 39.8. The summed E-state index contributed by atoms with van der Waals surface area (Å²) in [5, 5.41) is 12.0. The molecule has 2 aromatic heterocycles. The van der Waals surface area contributed by atoms with Crippen LogP contribution < -0.4 is 16.0 Å². The molecule has 284 valence electrons. The third-order valence-electron chi connectivity index (χ3n) is 8.87. The fraction of sp³-hybridized carbons (Fsp3) is 0.462. The second-order valence-electron chi connectivity index (χ2n) is 13.4. The van der Waals surface area contributed by atoms with E-state index in [9.17, 15) is 14.4 Å². The fourth-order valence-electron chi connectivity index (χ4n) is 5.99. The standard InChI is InChI=1S/C39H50N6O6S2/c1-28(2)37-42-33(26-52-37)24-50-39(48)44-35(15-16-45-17-19-49-20-18-45)36(46)41-31(21-29-9-5-3-6-10-29)13-14-32(22-30-11-7-4-8-12-30)43-38(47)51-25-34-23-40-27-53-34/h3-12,23,26-28,31-32,35H,13-22,24-25H2,1-2H3,(H,41,46)(H,43,47)(H,44,48)/t31-,32-,35+/m1/s1. The molecule has 2 aromatic carbocycles. The second kappa shape index (κ2) is 21.4. The van der Waals surface area contributed by atoms with Gasteiger partial charge in [0.15, 0.2) is 0 Å². The molecule has 3 N–H and O–H groups in total. The lowest BCUT2D eigenvalue weighted by atomic mass is 9.95. The highest BCUT2D eigenvalue weighted by Crippen LogP contribution is 2.20. The lowest BCUT2D eigenvalue weighted by molar-refractivity contribution is -0.124. The maximum absolute atomic E-state index is 14.1. The Morgan fingerprint density at radius 1 is 0.811 bits per heavy atom. The molecule has 0 spiro atoms. The van der Waals surface area contributed by atoms with Crippen LogP contribution in [0.2, 0.25) is 0 Å². The molecule has 0 radical (unpaired) electrons. The van der Waals surface area contributed by atoms with Crippen LogP contribution in [0.1, 0.15) is 65.7 Å².